The molecule has 29 heavy (non-hydrogen) atoms. The van der Waals surface area contributed by atoms with Gasteiger partial charge in [0, 0.05) is 29.9 Å². The number of pyridine rings is 1. The first-order valence-electron chi connectivity index (χ1n) is 10.1. The number of rotatable bonds is 5. The fourth-order valence-electron chi connectivity index (χ4n) is 3.84. The van der Waals surface area contributed by atoms with Crippen LogP contribution in [0.1, 0.15) is 29.0 Å². The molecule has 0 aliphatic carbocycles. The third-order valence-electron chi connectivity index (χ3n) is 5.47. The molecule has 4 rings (SSSR count). The summed E-state index contributed by atoms with van der Waals surface area (Å²) in [5.41, 5.74) is 1.34. The lowest BCUT2D eigenvalue weighted by molar-refractivity contribution is 0.0476. The molecule has 1 aromatic carbocycles. The summed E-state index contributed by atoms with van der Waals surface area (Å²) in [6, 6.07) is 11.0. The van der Waals surface area contributed by atoms with Gasteiger partial charge in [0.25, 0.3) is 5.91 Å². The van der Waals surface area contributed by atoms with E-state index in [1.54, 1.807) is 12.1 Å². The molecular formula is C22H26ClN3O3. The fourth-order valence-corrected chi connectivity index (χ4v) is 4.00. The number of amides is 1. The number of piperidine rings is 1. The molecule has 1 fully saturated rings. The Morgan fingerprint density at radius 3 is 2.86 bits per heavy atom. The molecule has 0 bridgehead atoms. The summed E-state index contributed by atoms with van der Waals surface area (Å²) in [5.74, 6) is 1.86. The van der Waals surface area contributed by atoms with Gasteiger partial charge in [0.15, 0.2) is 11.5 Å². The minimum Gasteiger partial charge on any atom is -0.486 e. The van der Waals surface area contributed by atoms with Gasteiger partial charge in [-0.2, -0.15) is 0 Å². The van der Waals surface area contributed by atoms with E-state index in [2.05, 4.69) is 15.2 Å². The van der Waals surface area contributed by atoms with Gasteiger partial charge in [0.05, 0.1) is 0 Å². The number of aryl methyl sites for hydroxylation is 1. The molecular weight excluding hydrogens is 390 g/mol. The van der Waals surface area contributed by atoms with E-state index in [0.29, 0.717) is 29.8 Å². The number of likely N-dealkylation sites (tertiary alicyclic amines) is 1. The van der Waals surface area contributed by atoms with Crippen LogP contribution in [0.4, 0.5) is 0 Å². The highest BCUT2D eigenvalue weighted by molar-refractivity contribution is 6.30. The molecule has 2 aliphatic heterocycles. The van der Waals surface area contributed by atoms with Crippen molar-refractivity contribution in [3.8, 4) is 11.5 Å². The van der Waals surface area contributed by atoms with Gasteiger partial charge in [-0.3, -0.25) is 9.69 Å². The van der Waals surface area contributed by atoms with Crippen LogP contribution in [0, 0.1) is 12.8 Å². The molecule has 0 spiro atoms. The SMILES string of the molecule is Cc1cccc(C(=O)NCC2CCN(CC3COc4ccc(Cl)cc4O3)CC2)n1. The number of nitrogens with zero attached hydrogens (tertiary/aromatic N) is 2. The molecule has 2 aromatic rings. The van der Waals surface area contributed by atoms with E-state index in [-0.39, 0.29) is 12.0 Å². The van der Waals surface area contributed by atoms with E-state index >= 15 is 0 Å². The maximum Gasteiger partial charge on any atom is 0.269 e. The summed E-state index contributed by atoms with van der Waals surface area (Å²) in [5, 5.41) is 3.68. The van der Waals surface area contributed by atoms with Gasteiger partial charge in [-0.15, -0.1) is 0 Å². The van der Waals surface area contributed by atoms with Crippen molar-refractivity contribution in [2.45, 2.75) is 25.9 Å². The molecule has 1 atom stereocenters. The smallest absolute Gasteiger partial charge is 0.269 e. The predicted molar refractivity (Wildman–Crippen MR) is 112 cm³/mol. The Morgan fingerprint density at radius 2 is 2.07 bits per heavy atom. The Morgan fingerprint density at radius 1 is 1.24 bits per heavy atom. The lowest BCUT2D eigenvalue weighted by Gasteiger charge is -2.35. The average molecular weight is 416 g/mol. The van der Waals surface area contributed by atoms with E-state index < -0.39 is 0 Å². The number of carbonyl (C=O) groups excluding carboxylic acids is 1. The summed E-state index contributed by atoms with van der Waals surface area (Å²) in [6.07, 6.45) is 2.11. The number of hydrogen-bond acceptors (Lipinski definition) is 5. The minimum absolute atomic E-state index is 0.00427. The van der Waals surface area contributed by atoms with E-state index in [1.807, 2.05) is 31.2 Å². The summed E-state index contributed by atoms with van der Waals surface area (Å²) in [4.78, 5) is 19.0. The van der Waals surface area contributed by atoms with Crippen LogP contribution in [0.3, 0.4) is 0 Å². The van der Waals surface area contributed by atoms with Crippen molar-refractivity contribution in [3.63, 3.8) is 0 Å². The predicted octanol–water partition coefficient (Wildman–Crippen LogP) is 3.33. The number of halogens is 1. The van der Waals surface area contributed by atoms with Crippen LogP contribution in [0.25, 0.3) is 0 Å². The largest absolute Gasteiger partial charge is 0.486 e. The van der Waals surface area contributed by atoms with Crippen molar-refractivity contribution >= 4 is 17.5 Å². The lowest BCUT2D eigenvalue weighted by Crippen LogP contribution is -2.45. The second-order valence-corrected chi connectivity index (χ2v) is 8.20. The van der Waals surface area contributed by atoms with Gasteiger partial charge in [0.2, 0.25) is 0 Å². The number of ether oxygens (including phenoxy) is 2. The normalized spacial score (nSPS) is 19.7. The monoisotopic (exact) mass is 415 g/mol. The first kappa shape index (κ1) is 20.0. The zero-order valence-corrected chi connectivity index (χ0v) is 17.3. The third-order valence-corrected chi connectivity index (χ3v) is 5.70. The van der Waals surface area contributed by atoms with Crippen molar-refractivity contribution in [1.82, 2.24) is 15.2 Å². The maximum absolute atomic E-state index is 12.3. The highest BCUT2D eigenvalue weighted by Gasteiger charge is 2.26. The van der Waals surface area contributed by atoms with Crippen LogP contribution in [0.5, 0.6) is 11.5 Å². The maximum atomic E-state index is 12.3. The summed E-state index contributed by atoms with van der Waals surface area (Å²) in [6.45, 7) is 5.95. The lowest BCUT2D eigenvalue weighted by atomic mass is 9.96. The van der Waals surface area contributed by atoms with E-state index in [9.17, 15) is 4.79 Å². The number of benzene rings is 1. The Hall–Kier alpha value is -2.31. The van der Waals surface area contributed by atoms with E-state index in [4.69, 9.17) is 21.1 Å². The number of carbonyl (C=O) groups is 1. The second kappa shape index (κ2) is 9.01. The van der Waals surface area contributed by atoms with Crippen LogP contribution < -0.4 is 14.8 Å². The Kier molecular flexibility index (Phi) is 6.21. The van der Waals surface area contributed by atoms with Gasteiger partial charge >= 0.3 is 0 Å². The van der Waals surface area contributed by atoms with Crippen LogP contribution >= 0.6 is 11.6 Å². The molecule has 1 N–H and O–H groups in total. The molecule has 1 aromatic heterocycles. The van der Waals surface area contributed by atoms with Crippen LogP contribution in [-0.2, 0) is 0 Å². The van der Waals surface area contributed by atoms with Gasteiger partial charge in [-0.25, -0.2) is 4.98 Å². The highest BCUT2D eigenvalue weighted by atomic mass is 35.5. The molecule has 0 saturated carbocycles. The van der Waals surface area contributed by atoms with Gasteiger partial charge < -0.3 is 14.8 Å². The summed E-state index contributed by atoms with van der Waals surface area (Å²) in [7, 11) is 0. The quantitative estimate of drug-likeness (QED) is 0.811. The summed E-state index contributed by atoms with van der Waals surface area (Å²) < 4.78 is 11.9. The highest BCUT2D eigenvalue weighted by Crippen LogP contribution is 2.34. The third kappa shape index (κ3) is 5.19. The van der Waals surface area contributed by atoms with Gasteiger partial charge in [0.1, 0.15) is 18.4 Å². The second-order valence-electron chi connectivity index (χ2n) is 7.76. The Labute approximate surface area is 176 Å². The van der Waals surface area contributed by atoms with Crippen molar-refractivity contribution in [2.75, 3.05) is 32.8 Å². The zero-order chi connectivity index (χ0) is 20.2. The molecule has 0 radical (unpaired) electrons. The molecule has 3 heterocycles. The van der Waals surface area contributed by atoms with Gasteiger partial charge in [-0.05, 0) is 63.0 Å². The van der Waals surface area contributed by atoms with Crippen molar-refractivity contribution in [3.05, 3.63) is 52.8 Å². The number of aromatic nitrogens is 1. The average Bonchev–Trinajstić information content (AvgIpc) is 2.73. The zero-order valence-electron chi connectivity index (χ0n) is 16.6. The standard InChI is InChI=1S/C22H26ClN3O3/c1-15-3-2-4-19(25-15)22(27)24-12-16-7-9-26(10-8-16)13-18-14-28-20-6-5-17(23)11-21(20)29-18/h2-6,11,16,18H,7-10,12-14H2,1H3,(H,24,27). The minimum atomic E-state index is -0.0961. The first-order valence-corrected chi connectivity index (χ1v) is 10.5. The molecule has 7 heteroatoms. The molecule has 1 amide bonds. The van der Waals surface area contributed by atoms with Crippen molar-refractivity contribution in [1.29, 1.82) is 0 Å². The molecule has 1 saturated heterocycles. The van der Waals surface area contributed by atoms with Crippen molar-refractivity contribution < 1.29 is 14.3 Å². The van der Waals surface area contributed by atoms with Crippen molar-refractivity contribution in [2.24, 2.45) is 5.92 Å². The van der Waals surface area contributed by atoms with E-state index in [0.717, 1.165) is 49.7 Å². The number of nitrogens with one attached hydrogen (secondary N) is 1. The van der Waals surface area contributed by atoms with Crippen LogP contribution in [0.2, 0.25) is 5.02 Å². The number of fused-ring (bicyclic) bond motifs is 1. The Balaban J connectivity index is 1.20. The fraction of sp³-hybridized carbons (Fsp3) is 0.455. The Bertz CT molecular complexity index is 868. The molecule has 6 nitrogen and oxygen atoms in total. The van der Waals surface area contributed by atoms with Gasteiger partial charge in [-0.1, -0.05) is 17.7 Å². The van der Waals surface area contributed by atoms with E-state index in [1.165, 1.54) is 0 Å². The van der Waals surface area contributed by atoms with Crippen LogP contribution in [-0.4, -0.2) is 54.7 Å². The summed E-state index contributed by atoms with van der Waals surface area (Å²) >= 11 is 6.05. The molecule has 2 aliphatic rings. The topological polar surface area (TPSA) is 63.7 Å². The first-order chi connectivity index (χ1) is 14.1. The molecule has 1 unspecified atom stereocenters. The number of hydrogen-bond donors (Lipinski definition) is 1. The molecule has 154 valence electrons. The van der Waals surface area contributed by atoms with Crippen LogP contribution in [0.15, 0.2) is 36.4 Å².